The van der Waals surface area contributed by atoms with Crippen molar-refractivity contribution < 1.29 is 23.1 Å². The number of nitrogens with one attached hydrogen (secondary N) is 1. The van der Waals surface area contributed by atoms with Gasteiger partial charge in [0.05, 0.1) is 17.0 Å². The van der Waals surface area contributed by atoms with Gasteiger partial charge in [0.25, 0.3) is 0 Å². The molecular weight excluding hydrogens is 378 g/mol. The van der Waals surface area contributed by atoms with E-state index in [4.69, 9.17) is 4.84 Å². The average Bonchev–Trinajstić information content (AvgIpc) is 2.68. The average molecular weight is 404 g/mol. The number of ether oxygens (including phenoxy) is 1. The molecule has 2 rings (SSSR count). The smallest absolute Gasteiger partial charge is 0.387 e. The highest BCUT2D eigenvalue weighted by Gasteiger charge is 2.14. The number of alkyl halides is 2. The first-order valence-electron chi connectivity index (χ1n) is 9.50. The number of hydrogen-bond acceptors (Lipinski definition) is 4. The topological polar surface area (TPSA) is 59.9 Å². The molecule has 7 heteroatoms. The van der Waals surface area contributed by atoms with Gasteiger partial charge < -0.3 is 14.9 Å². The zero-order chi connectivity index (χ0) is 21.2. The standard InChI is InChI=1S/C22H26F2N2O3/c1-4-5-8-17-9-6-10-18(15(17)2)16(3)26-28-13-19-20(25-14-27)11-7-12-21(19)29-22(23)24/h6-7,9-12,14,22H,4-5,8,13H2,1-3H3,(H,25,27)/b26-16-. The monoisotopic (exact) mass is 404 g/mol. The summed E-state index contributed by atoms with van der Waals surface area (Å²) >= 11 is 0. The fourth-order valence-corrected chi connectivity index (χ4v) is 3.08. The van der Waals surface area contributed by atoms with Crippen LogP contribution < -0.4 is 10.1 Å². The number of nitrogens with zero attached hydrogens (tertiary/aromatic N) is 1. The molecule has 0 radical (unpaired) electrons. The van der Waals surface area contributed by atoms with E-state index in [9.17, 15) is 13.6 Å². The molecule has 0 aliphatic carbocycles. The van der Waals surface area contributed by atoms with E-state index in [1.54, 1.807) is 6.07 Å². The van der Waals surface area contributed by atoms with Crippen LogP contribution in [0.2, 0.25) is 0 Å². The number of carbonyl (C=O) groups excluding carboxylic acids is 1. The Hall–Kier alpha value is -2.96. The van der Waals surface area contributed by atoms with E-state index in [-0.39, 0.29) is 17.9 Å². The summed E-state index contributed by atoms with van der Waals surface area (Å²) in [5.74, 6) is -0.0718. The van der Waals surface area contributed by atoms with Crippen molar-refractivity contribution in [2.75, 3.05) is 5.32 Å². The molecule has 0 aromatic heterocycles. The molecule has 1 amide bonds. The van der Waals surface area contributed by atoms with Crippen LogP contribution in [0, 0.1) is 6.92 Å². The molecule has 0 unspecified atom stereocenters. The maximum Gasteiger partial charge on any atom is 0.387 e. The van der Waals surface area contributed by atoms with Gasteiger partial charge in [-0.1, -0.05) is 42.8 Å². The quantitative estimate of drug-likeness (QED) is 0.308. The summed E-state index contributed by atoms with van der Waals surface area (Å²) in [6.07, 6.45) is 3.70. The van der Waals surface area contributed by atoms with E-state index in [1.165, 1.54) is 17.7 Å². The van der Waals surface area contributed by atoms with Gasteiger partial charge in [-0.15, -0.1) is 0 Å². The zero-order valence-corrected chi connectivity index (χ0v) is 16.9. The van der Waals surface area contributed by atoms with Crippen molar-refractivity contribution in [3.05, 3.63) is 58.7 Å². The van der Waals surface area contributed by atoms with Crippen molar-refractivity contribution in [3.8, 4) is 5.75 Å². The SMILES string of the molecule is CCCCc1cccc(/C(C)=N\OCc2c(NC=O)cccc2OC(F)F)c1C. The molecule has 0 saturated heterocycles. The third-order valence-corrected chi connectivity index (χ3v) is 4.61. The van der Waals surface area contributed by atoms with Crippen LogP contribution in [-0.4, -0.2) is 18.7 Å². The Balaban J connectivity index is 2.20. The highest BCUT2D eigenvalue weighted by Crippen LogP contribution is 2.29. The van der Waals surface area contributed by atoms with E-state index in [0.29, 0.717) is 17.8 Å². The second-order valence-electron chi connectivity index (χ2n) is 6.57. The number of hydrogen-bond donors (Lipinski definition) is 1. The predicted molar refractivity (Wildman–Crippen MR) is 110 cm³/mol. The Morgan fingerprint density at radius 3 is 2.69 bits per heavy atom. The predicted octanol–water partition coefficient (Wildman–Crippen LogP) is 5.45. The van der Waals surface area contributed by atoms with Crippen molar-refractivity contribution in [2.45, 2.75) is 53.3 Å². The summed E-state index contributed by atoms with van der Waals surface area (Å²) in [5, 5.41) is 6.61. The highest BCUT2D eigenvalue weighted by molar-refractivity contribution is 5.99. The third-order valence-electron chi connectivity index (χ3n) is 4.61. The van der Waals surface area contributed by atoms with E-state index in [2.05, 4.69) is 35.1 Å². The maximum atomic E-state index is 12.7. The molecule has 0 saturated carbocycles. The molecule has 0 bridgehead atoms. The van der Waals surface area contributed by atoms with Crippen molar-refractivity contribution in [2.24, 2.45) is 5.16 Å². The lowest BCUT2D eigenvalue weighted by molar-refractivity contribution is -0.105. The first-order chi connectivity index (χ1) is 14.0. The molecule has 2 aromatic carbocycles. The summed E-state index contributed by atoms with van der Waals surface area (Å²) < 4.78 is 29.9. The van der Waals surface area contributed by atoms with Crippen LogP contribution in [0.3, 0.4) is 0 Å². The van der Waals surface area contributed by atoms with E-state index >= 15 is 0 Å². The number of aryl methyl sites for hydroxylation is 1. The minimum absolute atomic E-state index is 0.0718. The molecular formula is C22H26F2N2O3. The normalized spacial score (nSPS) is 11.4. The van der Waals surface area contributed by atoms with Crippen molar-refractivity contribution in [1.29, 1.82) is 0 Å². The van der Waals surface area contributed by atoms with Crippen LogP contribution in [0.15, 0.2) is 41.6 Å². The third kappa shape index (κ3) is 6.27. The number of rotatable bonds is 11. The number of unbranched alkanes of at least 4 members (excludes halogenated alkanes) is 1. The lowest BCUT2D eigenvalue weighted by Gasteiger charge is -2.14. The number of amides is 1. The Morgan fingerprint density at radius 1 is 1.24 bits per heavy atom. The number of anilines is 1. The molecule has 1 N–H and O–H groups in total. The Labute approximate surface area is 169 Å². The van der Waals surface area contributed by atoms with Gasteiger partial charge in [0.15, 0.2) is 0 Å². The van der Waals surface area contributed by atoms with Gasteiger partial charge in [0, 0.05) is 5.56 Å². The summed E-state index contributed by atoms with van der Waals surface area (Å²) in [7, 11) is 0. The Morgan fingerprint density at radius 2 is 2.00 bits per heavy atom. The largest absolute Gasteiger partial charge is 0.434 e. The summed E-state index contributed by atoms with van der Waals surface area (Å²) in [6, 6.07) is 10.5. The molecule has 0 atom stereocenters. The lowest BCUT2D eigenvalue weighted by atomic mass is 9.96. The maximum absolute atomic E-state index is 12.7. The van der Waals surface area contributed by atoms with Gasteiger partial charge in [-0.3, -0.25) is 4.79 Å². The Bertz CT molecular complexity index is 854. The van der Waals surface area contributed by atoms with Crippen molar-refractivity contribution in [3.63, 3.8) is 0 Å². The van der Waals surface area contributed by atoms with Gasteiger partial charge in [0.1, 0.15) is 12.4 Å². The molecule has 5 nitrogen and oxygen atoms in total. The second kappa shape index (κ2) is 11.1. The highest BCUT2D eigenvalue weighted by atomic mass is 19.3. The minimum Gasteiger partial charge on any atom is -0.434 e. The minimum atomic E-state index is -2.99. The van der Waals surface area contributed by atoms with Crippen LogP contribution >= 0.6 is 0 Å². The molecule has 0 spiro atoms. The summed E-state index contributed by atoms with van der Waals surface area (Å²) in [5.41, 5.74) is 4.68. The summed E-state index contributed by atoms with van der Waals surface area (Å²) in [4.78, 5) is 16.2. The molecule has 2 aromatic rings. The number of oxime groups is 1. The summed E-state index contributed by atoms with van der Waals surface area (Å²) in [6.45, 7) is 2.92. The van der Waals surface area contributed by atoms with Crippen LogP contribution in [0.4, 0.5) is 14.5 Å². The fourth-order valence-electron chi connectivity index (χ4n) is 3.08. The molecule has 156 valence electrons. The van der Waals surface area contributed by atoms with Crippen molar-refractivity contribution >= 4 is 17.8 Å². The van der Waals surface area contributed by atoms with Crippen LogP contribution in [0.25, 0.3) is 0 Å². The zero-order valence-electron chi connectivity index (χ0n) is 16.9. The van der Waals surface area contributed by atoms with Gasteiger partial charge in [-0.05, 0) is 49.9 Å². The Kier molecular flexibility index (Phi) is 8.58. The molecule has 29 heavy (non-hydrogen) atoms. The molecule has 0 heterocycles. The van der Waals surface area contributed by atoms with Gasteiger partial charge >= 0.3 is 6.61 Å². The van der Waals surface area contributed by atoms with Crippen LogP contribution in [-0.2, 0) is 22.7 Å². The van der Waals surface area contributed by atoms with E-state index < -0.39 is 6.61 Å². The van der Waals surface area contributed by atoms with Crippen molar-refractivity contribution in [1.82, 2.24) is 0 Å². The number of carbonyl (C=O) groups is 1. The second-order valence-corrected chi connectivity index (χ2v) is 6.57. The number of halogens is 2. The first kappa shape index (κ1) is 22.3. The fraction of sp³-hybridized carbons (Fsp3) is 0.364. The van der Waals surface area contributed by atoms with E-state index in [1.807, 2.05) is 19.1 Å². The molecule has 0 aliphatic rings. The molecule has 0 fully saturated rings. The van der Waals surface area contributed by atoms with Gasteiger partial charge in [0.2, 0.25) is 6.41 Å². The van der Waals surface area contributed by atoms with Gasteiger partial charge in [-0.25, -0.2) is 0 Å². The van der Waals surface area contributed by atoms with Crippen LogP contribution in [0.5, 0.6) is 5.75 Å². The first-order valence-corrected chi connectivity index (χ1v) is 9.50. The molecule has 0 aliphatic heterocycles. The lowest BCUT2D eigenvalue weighted by Crippen LogP contribution is -2.08. The number of benzene rings is 2. The van der Waals surface area contributed by atoms with Crippen LogP contribution in [0.1, 0.15) is 48.9 Å². The van der Waals surface area contributed by atoms with E-state index in [0.717, 1.165) is 30.4 Å². The van der Waals surface area contributed by atoms with Gasteiger partial charge in [-0.2, -0.15) is 8.78 Å².